The van der Waals surface area contributed by atoms with E-state index in [-0.39, 0.29) is 17.1 Å². The van der Waals surface area contributed by atoms with E-state index in [1.807, 2.05) is 23.1 Å². The number of nitro benzene ring substituents is 1. The van der Waals surface area contributed by atoms with Crippen molar-refractivity contribution in [2.75, 3.05) is 80.6 Å². The molecule has 1 spiro atoms. The van der Waals surface area contributed by atoms with Crippen LogP contribution in [0.15, 0.2) is 77.4 Å². The van der Waals surface area contributed by atoms with E-state index in [4.69, 9.17) is 15.1 Å². The lowest BCUT2D eigenvalue weighted by Gasteiger charge is -2.45. The maximum Gasteiger partial charge on any atom is 0.300 e. The molecular weight excluding hydrogens is 686 g/mol. The Labute approximate surface area is 314 Å². The van der Waals surface area contributed by atoms with Gasteiger partial charge >= 0.3 is 5.69 Å². The molecule has 7 rings (SSSR count). The van der Waals surface area contributed by atoms with Crippen molar-refractivity contribution in [2.45, 2.75) is 33.2 Å². The van der Waals surface area contributed by atoms with Crippen molar-refractivity contribution in [3.05, 3.63) is 105 Å². The summed E-state index contributed by atoms with van der Waals surface area (Å²) >= 11 is 0. The summed E-state index contributed by atoms with van der Waals surface area (Å²) in [6.07, 6.45) is 0. The summed E-state index contributed by atoms with van der Waals surface area (Å²) in [4.78, 5) is 34.5. The molecule has 3 heterocycles. The smallest absolute Gasteiger partial charge is 0.300 e. The number of rotatable bonds is 16. The molecule has 5 aromatic rings. The minimum atomic E-state index is -0.933. The maximum atomic E-state index is 14.7. The fourth-order valence-corrected chi connectivity index (χ4v) is 8.15. The van der Waals surface area contributed by atoms with E-state index >= 15 is 0 Å². The highest BCUT2D eigenvalue weighted by Gasteiger charge is 2.56. The number of benzene rings is 4. The van der Waals surface area contributed by atoms with E-state index < -0.39 is 10.5 Å². The normalized spacial score (nSPS) is 13.9. The third kappa shape index (κ3) is 6.14. The van der Waals surface area contributed by atoms with Crippen molar-refractivity contribution in [1.29, 1.82) is 0 Å². The molecule has 2 aliphatic rings. The number of anilines is 3. The number of hydrogen-bond acceptors (Lipinski definition) is 12. The summed E-state index contributed by atoms with van der Waals surface area (Å²) in [7, 11) is 0. The first-order valence-electron chi connectivity index (χ1n) is 18.7. The Bertz CT molecular complexity index is 2100. The van der Waals surface area contributed by atoms with Crippen LogP contribution in [0.5, 0.6) is 11.5 Å². The number of nitrogens with zero attached hydrogens (tertiary/aromatic N) is 7. The molecule has 0 atom stereocenters. The number of nitrogens with two attached hydrogens (primary N) is 1. The number of non-ortho nitro benzene ring substituents is 1. The summed E-state index contributed by atoms with van der Waals surface area (Å²) in [5.41, 5.74) is 11.6. The number of aromatic nitrogens is 2. The van der Waals surface area contributed by atoms with Crippen LogP contribution < -0.4 is 25.6 Å². The Balaban J connectivity index is 1.25. The van der Waals surface area contributed by atoms with E-state index in [1.54, 1.807) is 6.07 Å². The van der Waals surface area contributed by atoms with Gasteiger partial charge in [0.05, 0.1) is 10.6 Å². The summed E-state index contributed by atoms with van der Waals surface area (Å²) in [6.45, 7) is 15.0. The predicted molar refractivity (Wildman–Crippen MR) is 210 cm³/mol. The number of ether oxygens (including phenoxy) is 1. The highest BCUT2D eigenvalue weighted by molar-refractivity contribution is 6.02. The zero-order valence-corrected chi connectivity index (χ0v) is 31.2. The molecule has 0 bridgehead atoms. The van der Waals surface area contributed by atoms with Crippen molar-refractivity contribution in [1.82, 2.24) is 20.1 Å². The van der Waals surface area contributed by atoms with Crippen LogP contribution in [0.2, 0.25) is 0 Å². The fourth-order valence-electron chi connectivity index (χ4n) is 8.15. The molecule has 14 heteroatoms. The lowest BCUT2D eigenvalue weighted by molar-refractivity contribution is -0.383. The second-order valence-electron chi connectivity index (χ2n) is 13.4. The number of nitrogens with one attached hydrogen (secondary N) is 1. The van der Waals surface area contributed by atoms with Crippen molar-refractivity contribution < 1.29 is 19.1 Å². The maximum absolute atomic E-state index is 14.7. The second kappa shape index (κ2) is 15.3. The average Bonchev–Trinajstić information content (AvgIpc) is 3.77. The number of carbonyl (C=O) groups excluding carboxylic acids is 1. The number of amides is 1. The van der Waals surface area contributed by atoms with E-state index in [2.05, 4.69) is 100 Å². The zero-order valence-electron chi connectivity index (χ0n) is 31.2. The molecule has 0 fully saturated rings. The standard InChI is InChI=1S/C40H47N9O5/c1-5-46(6-2)27-13-15-31-35(25-27)53-36-26-28(47(7-3)8-4)14-16-32(36)40(31)30-12-10-9-11-29(30)39(50)48(40)24-23-45(21-19-41)22-20-42-33-17-18-34(49(51)52)38-37(33)43-54-44-38/h9-18,25-26,42H,5-8,19-24,41H2,1-4H3. The second-order valence-corrected chi connectivity index (χ2v) is 13.4. The molecular formula is C40H47N9O5. The Kier molecular flexibility index (Phi) is 10.4. The van der Waals surface area contributed by atoms with E-state index in [0.717, 1.165) is 65.7 Å². The largest absolute Gasteiger partial charge is 0.456 e. The Morgan fingerprint density at radius 2 is 1.44 bits per heavy atom. The molecule has 4 aromatic carbocycles. The summed E-state index contributed by atoms with van der Waals surface area (Å²) in [5, 5.41) is 22.5. The summed E-state index contributed by atoms with van der Waals surface area (Å²) in [6, 6.07) is 23.7. The Hall–Kier alpha value is -5.73. The quantitative estimate of drug-likeness (QED) is 0.0895. The molecule has 1 aromatic heterocycles. The first-order valence-corrected chi connectivity index (χ1v) is 18.7. The van der Waals surface area contributed by atoms with Crippen LogP contribution in [-0.4, -0.2) is 96.4 Å². The van der Waals surface area contributed by atoms with Crippen LogP contribution in [-0.2, 0) is 5.54 Å². The number of nitro groups is 1. The van der Waals surface area contributed by atoms with Gasteiger partial charge in [0.2, 0.25) is 5.52 Å². The molecule has 54 heavy (non-hydrogen) atoms. The molecule has 3 N–H and O–H groups in total. The highest BCUT2D eigenvalue weighted by atomic mass is 16.6. The third-order valence-corrected chi connectivity index (χ3v) is 10.8. The van der Waals surface area contributed by atoms with Crippen LogP contribution in [0, 0.1) is 10.1 Å². The minimum Gasteiger partial charge on any atom is -0.456 e. The molecule has 0 saturated carbocycles. The van der Waals surface area contributed by atoms with Gasteiger partial charge in [-0.25, -0.2) is 4.63 Å². The molecule has 1 amide bonds. The predicted octanol–water partition coefficient (Wildman–Crippen LogP) is 6.05. The van der Waals surface area contributed by atoms with Gasteiger partial charge in [-0.15, -0.1) is 0 Å². The van der Waals surface area contributed by atoms with Gasteiger partial charge in [0.15, 0.2) is 5.52 Å². The van der Waals surface area contributed by atoms with E-state index in [0.29, 0.717) is 56.0 Å². The monoisotopic (exact) mass is 733 g/mol. The molecule has 0 radical (unpaired) electrons. The van der Waals surface area contributed by atoms with Crippen LogP contribution in [0.1, 0.15) is 54.7 Å². The Morgan fingerprint density at radius 3 is 2.06 bits per heavy atom. The van der Waals surface area contributed by atoms with Gasteiger partial charge in [-0.05, 0) is 67.8 Å². The van der Waals surface area contributed by atoms with Crippen molar-refractivity contribution in [2.24, 2.45) is 5.73 Å². The molecule has 0 unspecified atom stereocenters. The number of carbonyl (C=O) groups is 1. The van der Waals surface area contributed by atoms with E-state index in [9.17, 15) is 14.9 Å². The first-order chi connectivity index (χ1) is 26.3. The minimum absolute atomic E-state index is 0.0392. The van der Waals surface area contributed by atoms with Gasteiger partial charge in [0.1, 0.15) is 17.0 Å². The molecule has 2 aliphatic heterocycles. The molecule has 0 aliphatic carbocycles. The summed E-state index contributed by atoms with van der Waals surface area (Å²) < 4.78 is 11.7. The van der Waals surface area contributed by atoms with Crippen molar-refractivity contribution in [3.63, 3.8) is 0 Å². The highest BCUT2D eigenvalue weighted by Crippen LogP contribution is 2.58. The number of fused-ring (bicyclic) bond motifs is 7. The molecule has 14 nitrogen and oxygen atoms in total. The van der Waals surface area contributed by atoms with Gasteiger partial charge < -0.3 is 30.5 Å². The summed E-state index contributed by atoms with van der Waals surface area (Å²) in [5.74, 6) is 1.43. The van der Waals surface area contributed by atoms with Gasteiger partial charge in [-0.1, -0.05) is 30.3 Å². The van der Waals surface area contributed by atoms with Crippen molar-refractivity contribution >= 4 is 39.7 Å². The molecule has 0 saturated heterocycles. The van der Waals surface area contributed by atoms with Crippen molar-refractivity contribution in [3.8, 4) is 11.5 Å². The first kappa shape index (κ1) is 36.6. The topological polar surface area (TPSA) is 159 Å². The lowest BCUT2D eigenvalue weighted by atomic mass is 9.74. The van der Waals surface area contributed by atoms with Crippen LogP contribution in [0.3, 0.4) is 0 Å². The van der Waals surface area contributed by atoms with Gasteiger partial charge in [-0.2, -0.15) is 0 Å². The average molecular weight is 734 g/mol. The molecule has 282 valence electrons. The third-order valence-electron chi connectivity index (χ3n) is 10.8. The Morgan fingerprint density at radius 1 is 0.815 bits per heavy atom. The van der Waals surface area contributed by atoms with Gasteiger partial charge in [0.25, 0.3) is 5.91 Å². The SMILES string of the molecule is CCN(CC)c1ccc2c(c1)Oc1cc(N(CC)CC)ccc1C21c2ccccc2C(=O)N1CCN(CCN)CCNc1ccc([N+](=O)[O-])c2nonc12. The fraction of sp³-hybridized carbons (Fsp3) is 0.375. The van der Waals surface area contributed by atoms with Gasteiger partial charge in [0, 0.05) is 112 Å². The van der Waals surface area contributed by atoms with Crippen LogP contribution in [0.25, 0.3) is 11.0 Å². The zero-order chi connectivity index (χ0) is 38.0. The van der Waals surface area contributed by atoms with Gasteiger partial charge in [-0.3, -0.25) is 19.8 Å². The lowest BCUT2D eigenvalue weighted by Crippen LogP contribution is -2.50. The van der Waals surface area contributed by atoms with E-state index in [1.165, 1.54) is 6.07 Å². The number of hydrogen-bond donors (Lipinski definition) is 2. The van der Waals surface area contributed by atoms with Crippen LogP contribution >= 0.6 is 0 Å². The van der Waals surface area contributed by atoms with Crippen LogP contribution in [0.4, 0.5) is 22.7 Å².